The van der Waals surface area contributed by atoms with Gasteiger partial charge in [0.05, 0.1) is 18.4 Å². The lowest BCUT2D eigenvalue weighted by Crippen LogP contribution is -2.60. The second-order valence-electron chi connectivity index (χ2n) is 8.06. The zero-order chi connectivity index (χ0) is 22.1. The molecule has 5 heterocycles. The van der Waals surface area contributed by atoms with E-state index in [0.717, 1.165) is 0 Å². The molecule has 1 atom stereocenters. The zero-order valence-electron chi connectivity index (χ0n) is 17.3. The topological polar surface area (TPSA) is 136 Å². The highest BCUT2D eigenvalue weighted by atomic mass is 16.5. The molecule has 32 heavy (non-hydrogen) atoms. The third-order valence-electron chi connectivity index (χ3n) is 6.16. The minimum absolute atomic E-state index is 0.115. The molecular formula is C20H23N7O5. The maximum absolute atomic E-state index is 13.2. The Hall–Kier alpha value is -3.22. The highest BCUT2D eigenvalue weighted by Gasteiger charge is 2.48. The van der Waals surface area contributed by atoms with E-state index in [1.807, 2.05) is 0 Å². The van der Waals surface area contributed by atoms with Crippen molar-refractivity contribution in [1.29, 1.82) is 0 Å². The molecule has 2 aromatic heterocycles. The van der Waals surface area contributed by atoms with E-state index in [9.17, 15) is 14.7 Å². The number of aliphatic hydroxyl groups is 1. The smallest absolute Gasteiger partial charge is 0.333 e. The third kappa shape index (κ3) is 3.87. The van der Waals surface area contributed by atoms with Gasteiger partial charge < -0.3 is 24.4 Å². The number of cyclic esters (lactones) is 1. The summed E-state index contributed by atoms with van der Waals surface area (Å²) >= 11 is 0. The Morgan fingerprint density at radius 1 is 1.19 bits per heavy atom. The summed E-state index contributed by atoms with van der Waals surface area (Å²) in [4.78, 5) is 32.6. The summed E-state index contributed by atoms with van der Waals surface area (Å²) in [7, 11) is 0. The van der Waals surface area contributed by atoms with E-state index in [2.05, 4.69) is 25.4 Å². The van der Waals surface area contributed by atoms with Gasteiger partial charge in [0.25, 0.3) is 5.91 Å². The summed E-state index contributed by atoms with van der Waals surface area (Å²) in [6.07, 6.45) is 4.76. The minimum Gasteiger partial charge on any atom is -0.456 e. The number of carbonyl (C=O) groups excluding carboxylic acids is 2. The number of piperidine rings is 1. The fourth-order valence-corrected chi connectivity index (χ4v) is 4.34. The molecule has 2 fully saturated rings. The molecule has 5 rings (SSSR count). The highest BCUT2D eigenvalue weighted by Crippen LogP contribution is 2.34. The molecule has 2 saturated heterocycles. The van der Waals surface area contributed by atoms with Crippen LogP contribution in [-0.2, 0) is 19.1 Å². The SMILES string of the molecule is O=C1C=C(N2CCOC3(CCN(C[C@@H](O)c4ccc(-n5cnnn5)nc4)CC3)C2=O)CO1. The fourth-order valence-electron chi connectivity index (χ4n) is 4.34. The normalized spacial score (nSPS) is 22.2. The number of esters is 1. The van der Waals surface area contributed by atoms with Crippen LogP contribution in [0.15, 0.2) is 36.4 Å². The molecule has 168 valence electrons. The van der Waals surface area contributed by atoms with Gasteiger partial charge in [-0.25, -0.2) is 9.78 Å². The van der Waals surface area contributed by atoms with E-state index in [0.29, 0.717) is 62.7 Å². The Bertz CT molecular complexity index is 1020. The van der Waals surface area contributed by atoms with Crippen LogP contribution in [0.4, 0.5) is 0 Å². The number of nitrogens with zero attached hydrogens (tertiary/aromatic N) is 7. The lowest BCUT2D eigenvalue weighted by molar-refractivity contribution is -0.177. The van der Waals surface area contributed by atoms with Crippen molar-refractivity contribution in [2.45, 2.75) is 24.5 Å². The number of hydrogen-bond donors (Lipinski definition) is 1. The molecule has 0 aromatic carbocycles. The van der Waals surface area contributed by atoms with E-state index in [-0.39, 0.29) is 12.5 Å². The van der Waals surface area contributed by atoms with Crippen LogP contribution >= 0.6 is 0 Å². The largest absolute Gasteiger partial charge is 0.456 e. The van der Waals surface area contributed by atoms with Gasteiger partial charge in [-0.1, -0.05) is 6.07 Å². The molecule has 0 bridgehead atoms. The van der Waals surface area contributed by atoms with Crippen molar-refractivity contribution in [2.75, 3.05) is 39.4 Å². The molecule has 3 aliphatic rings. The number of β-amino-alcohol motifs (C(OH)–C–C–N with tert-alkyl or cyclic N) is 1. The number of carbonyl (C=O) groups is 2. The van der Waals surface area contributed by atoms with Crippen molar-refractivity contribution in [3.63, 3.8) is 0 Å². The van der Waals surface area contributed by atoms with Crippen molar-refractivity contribution in [3.8, 4) is 5.82 Å². The van der Waals surface area contributed by atoms with Crippen LogP contribution in [0, 0.1) is 0 Å². The average Bonchev–Trinajstić information content (AvgIpc) is 3.50. The first-order chi connectivity index (χ1) is 15.5. The Balaban J connectivity index is 1.19. The quantitative estimate of drug-likeness (QED) is 0.589. The molecule has 2 aromatic rings. The standard InChI is InChI=1S/C20H23N7O5/c28-16(14-1-2-17(21-10-14)27-13-22-23-24-27)11-25-5-3-20(4-6-25)19(30)26(7-8-32-20)15-9-18(29)31-12-15/h1-2,9-10,13,16,28H,3-8,11-12H2/t16-/m1/s1. The first-order valence-electron chi connectivity index (χ1n) is 10.5. The predicted octanol–water partition coefficient (Wildman–Crippen LogP) is -0.775. The first-order valence-corrected chi connectivity index (χ1v) is 10.5. The molecule has 1 spiro atoms. The molecule has 0 aliphatic carbocycles. The fraction of sp³-hybridized carbons (Fsp3) is 0.500. The number of morpholine rings is 1. The zero-order valence-corrected chi connectivity index (χ0v) is 17.3. The van der Waals surface area contributed by atoms with Crippen molar-refractivity contribution in [3.05, 3.63) is 42.0 Å². The second kappa shape index (κ2) is 8.37. The number of aliphatic hydroxyl groups excluding tert-OH is 1. The van der Waals surface area contributed by atoms with Crippen LogP contribution in [-0.4, -0.2) is 97.0 Å². The molecule has 0 unspecified atom stereocenters. The van der Waals surface area contributed by atoms with Gasteiger partial charge >= 0.3 is 5.97 Å². The van der Waals surface area contributed by atoms with E-state index >= 15 is 0 Å². The van der Waals surface area contributed by atoms with E-state index in [4.69, 9.17) is 9.47 Å². The Labute approximate surface area is 183 Å². The van der Waals surface area contributed by atoms with E-state index < -0.39 is 17.7 Å². The summed E-state index contributed by atoms with van der Waals surface area (Å²) < 4.78 is 12.4. The summed E-state index contributed by atoms with van der Waals surface area (Å²) in [5.41, 5.74) is 0.399. The number of hydrogen-bond acceptors (Lipinski definition) is 10. The first kappa shape index (κ1) is 20.7. The highest BCUT2D eigenvalue weighted by molar-refractivity contribution is 5.91. The lowest BCUT2D eigenvalue weighted by Gasteiger charge is -2.46. The van der Waals surface area contributed by atoms with Gasteiger partial charge in [-0.05, 0) is 29.3 Å². The molecule has 1 amide bonds. The van der Waals surface area contributed by atoms with Gasteiger partial charge in [0.1, 0.15) is 18.5 Å². The van der Waals surface area contributed by atoms with Crippen molar-refractivity contribution in [1.82, 2.24) is 35.0 Å². The molecular weight excluding hydrogens is 418 g/mol. The van der Waals surface area contributed by atoms with E-state index in [1.54, 1.807) is 23.2 Å². The van der Waals surface area contributed by atoms with Crippen molar-refractivity contribution >= 4 is 11.9 Å². The van der Waals surface area contributed by atoms with Crippen molar-refractivity contribution < 1.29 is 24.2 Å². The van der Waals surface area contributed by atoms with Crippen molar-refractivity contribution in [2.24, 2.45) is 0 Å². The van der Waals surface area contributed by atoms with Gasteiger partial charge in [-0.15, -0.1) is 5.10 Å². The van der Waals surface area contributed by atoms with Gasteiger partial charge in [0.15, 0.2) is 5.82 Å². The molecule has 12 nitrogen and oxygen atoms in total. The predicted molar refractivity (Wildman–Crippen MR) is 107 cm³/mol. The van der Waals surface area contributed by atoms with E-state index in [1.165, 1.54) is 17.1 Å². The van der Waals surface area contributed by atoms with Crippen LogP contribution in [0.2, 0.25) is 0 Å². The average molecular weight is 441 g/mol. The Morgan fingerprint density at radius 2 is 2.03 bits per heavy atom. The van der Waals surface area contributed by atoms with Crippen LogP contribution in [0.25, 0.3) is 5.82 Å². The number of likely N-dealkylation sites (tertiary alicyclic amines) is 1. The number of ether oxygens (including phenoxy) is 2. The van der Waals surface area contributed by atoms with Gasteiger partial charge in [0.2, 0.25) is 0 Å². The van der Waals surface area contributed by atoms with Crippen LogP contribution < -0.4 is 0 Å². The number of amides is 1. The summed E-state index contributed by atoms with van der Waals surface area (Å²) in [5, 5.41) is 21.6. The van der Waals surface area contributed by atoms with Gasteiger partial charge in [-0.2, -0.15) is 4.68 Å². The number of pyridine rings is 1. The van der Waals surface area contributed by atoms with Crippen LogP contribution in [0.5, 0.6) is 0 Å². The number of aromatic nitrogens is 5. The third-order valence-corrected chi connectivity index (χ3v) is 6.16. The number of tetrazole rings is 1. The molecule has 3 aliphatic heterocycles. The lowest BCUT2D eigenvalue weighted by atomic mass is 9.88. The molecule has 1 N–H and O–H groups in total. The van der Waals surface area contributed by atoms with Crippen LogP contribution in [0.3, 0.4) is 0 Å². The minimum atomic E-state index is -0.888. The maximum Gasteiger partial charge on any atom is 0.333 e. The summed E-state index contributed by atoms with van der Waals surface area (Å²) in [6, 6.07) is 3.54. The summed E-state index contributed by atoms with van der Waals surface area (Å²) in [6.45, 7) is 2.60. The molecule has 0 saturated carbocycles. The Kier molecular flexibility index (Phi) is 5.41. The second-order valence-corrected chi connectivity index (χ2v) is 8.06. The van der Waals surface area contributed by atoms with Crippen LogP contribution in [0.1, 0.15) is 24.5 Å². The Morgan fingerprint density at radius 3 is 2.69 bits per heavy atom. The monoisotopic (exact) mass is 441 g/mol. The summed E-state index contributed by atoms with van der Waals surface area (Å²) in [5.74, 6) is 0.0290. The van der Waals surface area contributed by atoms with Gasteiger partial charge in [-0.3, -0.25) is 4.79 Å². The van der Waals surface area contributed by atoms with Gasteiger partial charge in [0, 0.05) is 44.0 Å². The number of rotatable bonds is 5. The maximum atomic E-state index is 13.2. The molecule has 0 radical (unpaired) electrons. The molecule has 12 heteroatoms.